The van der Waals surface area contributed by atoms with Crippen LogP contribution in [0.25, 0.3) is 10.6 Å². The molecule has 0 radical (unpaired) electrons. The van der Waals surface area contributed by atoms with Crippen molar-refractivity contribution in [2.45, 2.75) is 19.3 Å². The van der Waals surface area contributed by atoms with Crippen molar-refractivity contribution in [2.24, 2.45) is 0 Å². The molecule has 1 heterocycles. The third-order valence-corrected chi connectivity index (χ3v) is 3.76. The van der Waals surface area contributed by atoms with Crippen molar-refractivity contribution in [3.8, 4) is 10.6 Å². The van der Waals surface area contributed by atoms with E-state index >= 15 is 0 Å². The first-order chi connectivity index (χ1) is 9.23. The summed E-state index contributed by atoms with van der Waals surface area (Å²) in [6.07, 6.45) is 0. The van der Waals surface area contributed by atoms with Gasteiger partial charge in [0.15, 0.2) is 0 Å². The molecule has 0 unspecified atom stereocenters. The van der Waals surface area contributed by atoms with Crippen molar-refractivity contribution < 1.29 is 23.1 Å². The molecule has 0 saturated carbocycles. The molecule has 0 aliphatic rings. The van der Waals surface area contributed by atoms with E-state index in [4.69, 9.17) is 5.11 Å². The van der Waals surface area contributed by atoms with Gasteiger partial charge >= 0.3 is 5.97 Å². The highest BCUT2D eigenvalue weighted by Gasteiger charge is 2.32. The molecular weight excluding hydrogens is 291 g/mol. The average Bonchev–Trinajstić information content (AvgIpc) is 2.77. The summed E-state index contributed by atoms with van der Waals surface area (Å²) < 4.78 is 40.1. The lowest BCUT2D eigenvalue weighted by Gasteiger charge is -2.15. The van der Waals surface area contributed by atoms with E-state index in [1.165, 1.54) is 19.2 Å². The molecule has 0 aliphatic carbocycles. The number of carbonyl (C=O) groups is 1. The van der Waals surface area contributed by atoms with Crippen LogP contribution in [0.5, 0.6) is 0 Å². The van der Waals surface area contributed by atoms with E-state index in [9.17, 15) is 18.0 Å². The zero-order valence-corrected chi connectivity index (χ0v) is 11.4. The molecule has 3 nitrogen and oxygen atoms in total. The van der Waals surface area contributed by atoms with Gasteiger partial charge in [-0.3, -0.25) is 4.79 Å². The summed E-state index contributed by atoms with van der Waals surface area (Å²) >= 11 is 0.904. The molecule has 0 aliphatic heterocycles. The fourth-order valence-electron chi connectivity index (χ4n) is 1.53. The molecule has 0 spiro atoms. The SMILES string of the molecule is CC(C)(C(=O)O)c1csc(-c2c(F)cc(F)cc2F)n1. The monoisotopic (exact) mass is 301 g/mol. The van der Waals surface area contributed by atoms with E-state index in [1.807, 2.05) is 0 Å². The highest BCUT2D eigenvalue weighted by atomic mass is 32.1. The van der Waals surface area contributed by atoms with Crippen LogP contribution >= 0.6 is 11.3 Å². The van der Waals surface area contributed by atoms with Gasteiger partial charge in [-0.25, -0.2) is 18.2 Å². The summed E-state index contributed by atoms with van der Waals surface area (Å²) in [5, 5.41) is 10.5. The Morgan fingerprint density at radius 3 is 2.30 bits per heavy atom. The maximum Gasteiger partial charge on any atom is 0.315 e. The number of thiazole rings is 1. The van der Waals surface area contributed by atoms with Crippen molar-refractivity contribution in [2.75, 3.05) is 0 Å². The van der Waals surface area contributed by atoms with Crippen LogP contribution < -0.4 is 0 Å². The van der Waals surface area contributed by atoms with Crippen LogP contribution in [0.3, 0.4) is 0 Å². The van der Waals surface area contributed by atoms with Crippen molar-refractivity contribution in [1.29, 1.82) is 0 Å². The third-order valence-electron chi connectivity index (χ3n) is 2.90. The minimum absolute atomic E-state index is 0.0238. The largest absolute Gasteiger partial charge is 0.481 e. The predicted molar refractivity (Wildman–Crippen MR) is 68.1 cm³/mol. The first-order valence-electron chi connectivity index (χ1n) is 5.58. The Labute approximate surface area is 116 Å². The molecule has 0 amide bonds. The van der Waals surface area contributed by atoms with Gasteiger partial charge in [-0.2, -0.15) is 0 Å². The second kappa shape index (κ2) is 4.90. The van der Waals surface area contributed by atoms with Crippen LogP contribution in [-0.4, -0.2) is 16.1 Å². The first kappa shape index (κ1) is 14.5. The predicted octanol–water partition coefficient (Wildman–Crippen LogP) is 3.59. The van der Waals surface area contributed by atoms with E-state index in [0.29, 0.717) is 12.1 Å². The van der Waals surface area contributed by atoms with Crippen LogP contribution in [-0.2, 0) is 10.2 Å². The second-order valence-corrected chi connectivity index (χ2v) is 5.57. The summed E-state index contributed by atoms with van der Waals surface area (Å²) in [6.45, 7) is 2.87. The molecule has 7 heteroatoms. The number of hydrogen-bond acceptors (Lipinski definition) is 3. The summed E-state index contributed by atoms with van der Waals surface area (Å²) in [4.78, 5) is 15.1. The van der Waals surface area contributed by atoms with E-state index in [0.717, 1.165) is 11.3 Å². The Kier molecular flexibility index (Phi) is 3.56. The van der Waals surface area contributed by atoms with Crippen LogP contribution in [0.4, 0.5) is 13.2 Å². The van der Waals surface area contributed by atoms with E-state index in [-0.39, 0.29) is 10.7 Å². The van der Waals surface area contributed by atoms with Gasteiger partial charge in [0, 0.05) is 17.5 Å². The van der Waals surface area contributed by atoms with Crippen molar-refractivity contribution in [1.82, 2.24) is 4.98 Å². The summed E-state index contributed by atoms with van der Waals surface area (Å²) in [5.41, 5.74) is -1.54. The smallest absolute Gasteiger partial charge is 0.315 e. The quantitative estimate of drug-likeness (QED) is 0.942. The van der Waals surface area contributed by atoms with Crippen molar-refractivity contribution >= 4 is 17.3 Å². The number of aromatic nitrogens is 1. The Morgan fingerprint density at radius 1 is 1.25 bits per heavy atom. The summed E-state index contributed by atoms with van der Waals surface area (Å²) in [5.74, 6) is -4.27. The molecule has 1 aromatic heterocycles. The van der Waals surface area contributed by atoms with Crippen molar-refractivity contribution in [3.63, 3.8) is 0 Å². The van der Waals surface area contributed by atoms with Gasteiger partial charge in [-0.05, 0) is 13.8 Å². The van der Waals surface area contributed by atoms with E-state index < -0.39 is 34.4 Å². The number of halogens is 3. The molecule has 20 heavy (non-hydrogen) atoms. The normalized spacial score (nSPS) is 11.7. The van der Waals surface area contributed by atoms with Gasteiger partial charge in [-0.15, -0.1) is 11.3 Å². The Morgan fingerprint density at radius 2 is 1.80 bits per heavy atom. The minimum atomic E-state index is -1.28. The third kappa shape index (κ3) is 2.40. The Balaban J connectivity index is 2.52. The highest BCUT2D eigenvalue weighted by Crippen LogP contribution is 2.33. The van der Waals surface area contributed by atoms with E-state index in [2.05, 4.69) is 4.98 Å². The number of aliphatic carboxylic acids is 1. The molecule has 0 fully saturated rings. The standard InChI is InChI=1S/C13H10F3NO2S/c1-13(2,12(18)19)9-5-20-11(17-9)10-7(15)3-6(14)4-8(10)16/h3-5H,1-2H3,(H,18,19). The summed E-state index contributed by atoms with van der Waals surface area (Å²) in [7, 11) is 0. The zero-order chi connectivity index (χ0) is 15.1. The number of carboxylic acid groups (broad SMARTS) is 1. The van der Waals surface area contributed by atoms with Crippen LogP contribution in [0.1, 0.15) is 19.5 Å². The number of benzene rings is 1. The molecule has 106 valence electrons. The maximum absolute atomic E-state index is 13.6. The number of hydrogen-bond donors (Lipinski definition) is 1. The second-order valence-electron chi connectivity index (χ2n) is 4.71. The molecule has 0 saturated heterocycles. The van der Waals surface area contributed by atoms with Gasteiger partial charge in [0.1, 0.15) is 27.9 Å². The number of nitrogens with zero attached hydrogens (tertiary/aromatic N) is 1. The molecule has 0 atom stereocenters. The first-order valence-corrected chi connectivity index (χ1v) is 6.45. The van der Waals surface area contributed by atoms with Gasteiger partial charge in [-0.1, -0.05) is 0 Å². The lowest BCUT2D eigenvalue weighted by molar-refractivity contribution is -0.142. The number of rotatable bonds is 3. The molecular formula is C13H10F3NO2S. The fraction of sp³-hybridized carbons (Fsp3) is 0.231. The summed E-state index contributed by atoms with van der Waals surface area (Å²) in [6, 6.07) is 1.11. The van der Waals surface area contributed by atoms with E-state index in [1.54, 1.807) is 0 Å². The fourth-order valence-corrected chi connectivity index (χ4v) is 2.57. The van der Waals surface area contributed by atoms with Crippen molar-refractivity contribution in [3.05, 3.63) is 40.7 Å². The zero-order valence-electron chi connectivity index (χ0n) is 10.6. The highest BCUT2D eigenvalue weighted by molar-refractivity contribution is 7.13. The molecule has 2 rings (SSSR count). The van der Waals surface area contributed by atoms with Gasteiger partial charge < -0.3 is 5.11 Å². The minimum Gasteiger partial charge on any atom is -0.481 e. The molecule has 1 aromatic carbocycles. The lowest BCUT2D eigenvalue weighted by atomic mass is 9.90. The Hall–Kier alpha value is -1.89. The Bertz CT molecular complexity index is 659. The topological polar surface area (TPSA) is 50.2 Å². The van der Waals surface area contributed by atoms with Crippen LogP contribution in [0, 0.1) is 17.5 Å². The van der Waals surface area contributed by atoms with Crippen LogP contribution in [0.2, 0.25) is 0 Å². The van der Waals surface area contributed by atoms with Gasteiger partial charge in [0.25, 0.3) is 0 Å². The lowest BCUT2D eigenvalue weighted by Crippen LogP contribution is -2.28. The molecule has 2 aromatic rings. The van der Waals surface area contributed by atoms with Crippen LogP contribution in [0.15, 0.2) is 17.5 Å². The van der Waals surface area contributed by atoms with Gasteiger partial charge in [0.05, 0.1) is 11.3 Å². The maximum atomic E-state index is 13.6. The molecule has 0 bridgehead atoms. The number of carboxylic acids is 1. The molecule has 1 N–H and O–H groups in total. The average molecular weight is 301 g/mol. The van der Waals surface area contributed by atoms with Gasteiger partial charge in [0.2, 0.25) is 0 Å².